The molecule has 0 saturated heterocycles. The van der Waals surface area contributed by atoms with Crippen molar-refractivity contribution in [3.8, 4) is 0 Å². The Kier molecular flexibility index (Phi) is 10.3. The Morgan fingerprint density at radius 1 is 0.919 bits per heavy atom. The van der Waals surface area contributed by atoms with Crippen LogP contribution in [0.4, 0.5) is 10.6 Å². The molecule has 0 spiro atoms. The number of anilines is 1. The second-order valence-electron chi connectivity index (χ2n) is 8.38. The molecule has 2 aromatic rings. The molecule has 0 atom stereocenters. The molecule has 0 bridgehead atoms. The van der Waals surface area contributed by atoms with E-state index < -0.39 is 22.1 Å². The molecule has 10 nitrogen and oxygen atoms in total. The predicted molar refractivity (Wildman–Crippen MR) is 138 cm³/mol. The van der Waals surface area contributed by atoms with Crippen LogP contribution in [0.3, 0.4) is 0 Å². The quantitative estimate of drug-likeness (QED) is 0.295. The molecule has 1 aliphatic heterocycles. The fraction of sp³-hybridized carbons (Fsp3) is 0.423. The first-order valence-corrected chi connectivity index (χ1v) is 13.8. The Hall–Kier alpha value is -3.60. The monoisotopic (exact) mass is 531 g/mol. The number of unbranched alkanes of at least 4 members (excludes halogenated alkanes) is 5. The van der Waals surface area contributed by atoms with Crippen molar-refractivity contribution < 1.29 is 32.2 Å². The van der Waals surface area contributed by atoms with Gasteiger partial charge in [0.25, 0.3) is 15.9 Å². The van der Waals surface area contributed by atoms with Crippen molar-refractivity contribution in [2.45, 2.75) is 50.3 Å². The summed E-state index contributed by atoms with van der Waals surface area (Å²) in [5.41, 5.74) is 0.0208. The second kappa shape index (κ2) is 13.6. The number of carbonyl (C=O) groups excluding carboxylic acids is 2. The van der Waals surface area contributed by atoms with Gasteiger partial charge in [-0.1, -0.05) is 57.2 Å². The lowest BCUT2D eigenvalue weighted by Gasteiger charge is -2.30. The van der Waals surface area contributed by atoms with Gasteiger partial charge < -0.3 is 19.5 Å². The molecule has 1 N–H and O–H groups in total. The van der Waals surface area contributed by atoms with Crippen LogP contribution in [0.2, 0.25) is 0 Å². The van der Waals surface area contributed by atoms with E-state index in [0.29, 0.717) is 0 Å². The van der Waals surface area contributed by atoms with E-state index in [1.807, 2.05) is 0 Å². The zero-order valence-electron chi connectivity index (χ0n) is 21.1. The highest BCUT2D eigenvalue weighted by molar-refractivity contribution is 7.89. The van der Waals surface area contributed by atoms with E-state index in [4.69, 9.17) is 14.2 Å². The molecule has 0 aliphatic carbocycles. The summed E-state index contributed by atoms with van der Waals surface area (Å²) < 4.78 is 43.0. The van der Waals surface area contributed by atoms with Gasteiger partial charge in [0.2, 0.25) is 0 Å². The summed E-state index contributed by atoms with van der Waals surface area (Å²) in [6.45, 7) is 2.17. The van der Waals surface area contributed by atoms with Crippen molar-refractivity contribution in [3.05, 3.63) is 59.9 Å². The van der Waals surface area contributed by atoms with Crippen molar-refractivity contribution >= 4 is 33.7 Å². The average molecular weight is 532 g/mol. The number of carbonyl (C=O) groups is 2. The topological polar surface area (TPSA) is 124 Å². The third kappa shape index (κ3) is 7.45. The highest BCUT2D eigenvalue weighted by atomic mass is 32.2. The number of pyridine rings is 1. The molecule has 1 amide bonds. The normalized spacial score (nSPS) is 14.1. The number of ether oxygens (including phenoxy) is 3. The smallest absolute Gasteiger partial charge is 0.487 e. The number of fused-ring (bicyclic) bond motifs is 1. The van der Waals surface area contributed by atoms with Gasteiger partial charge >= 0.3 is 6.16 Å². The van der Waals surface area contributed by atoms with Gasteiger partial charge in [-0.3, -0.25) is 9.10 Å². The molecule has 0 fully saturated rings. The van der Waals surface area contributed by atoms with Crippen molar-refractivity contribution in [3.63, 3.8) is 0 Å². The largest absolute Gasteiger partial charge is 0.508 e. The number of nitrogens with one attached hydrogen (secondary N) is 1. The fourth-order valence-corrected chi connectivity index (χ4v) is 5.16. The molecule has 0 saturated carbocycles. The van der Waals surface area contributed by atoms with E-state index in [-0.39, 0.29) is 47.6 Å². The molecule has 0 radical (unpaired) electrons. The third-order valence-electron chi connectivity index (χ3n) is 5.69. The van der Waals surface area contributed by atoms with Gasteiger partial charge in [-0.2, -0.15) is 0 Å². The second-order valence-corrected chi connectivity index (χ2v) is 10.3. The van der Waals surface area contributed by atoms with Crippen LogP contribution < -0.4 is 5.32 Å². The highest BCUT2D eigenvalue weighted by Crippen LogP contribution is 2.36. The van der Waals surface area contributed by atoms with Crippen LogP contribution in [-0.4, -0.2) is 56.6 Å². The fourth-order valence-electron chi connectivity index (χ4n) is 3.77. The summed E-state index contributed by atoms with van der Waals surface area (Å²) >= 11 is 0. The zero-order chi connectivity index (χ0) is 26.7. The maximum atomic E-state index is 13.2. The lowest BCUT2D eigenvalue weighted by Crippen LogP contribution is -2.37. The molecule has 1 aromatic carbocycles. The van der Waals surface area contributed by atoms with Gasteiger partial charge in [-0.15, -0.1) is 0 Å². The summed E-state index contributed by atoms with van der Waals surface area (Å²) in [6, 6.07) is 11.2. The van der Waals surface area contributed by atoms with Crippen LogP contribution in [0, 0.1) is 0 Å². The number of aromatic nitrogens is 1. The molecule has 200 valence electrons. The van der Waals surface area contributed by atoms with Crippen LogP contribution >= 0.6 is 0 Å². The summed E-state index contributed by atoms with van der Waals surface area (Å²) in [5, 5.41) is 2.59. The Morgan fingerprint density at radius 2 is 1.62 bits per heavy atom. The van der Waals surface area contributed by atoms with Gasteiger partial charge in [0.1, 0.15) is 19.0 Å². The molecular formula is C26H33N3O7S. The van der Waals surface area contributed by atoms with Gasteiger partial charge in [-0.05, 0) is 30.7 Å². The minimum atomic E-state index is -4.00. The van der Waals surface area contributed by atoms with E-state index >= 15 is 0 Å². The number of rotatable bonds is 13. The van der Waals surface area contributed by atoms with Crippen LogP contribution in [-0.2, 0) is 29.0 Å². The predicted octanol–water partition coefficient (Wildman–Crippen LogP) is 4.55. The van der Waals surface area contributed by atoms with Gasteiger partial charge in [0.15, 0.2) is 11.5 Å². The standard InChI is InChI=1S/C26H33N3O7S/c1-3-4-5-6-7-12-17-35-26(31)36-19-18-34-24-20-13-8-9-14-21(20)37(32,33)29(2)23(24)25(30)28-22-15-10-11-16-27-22/h8-11,13-16H,3-7,12,17-19H2,1-2H3,(H,27,28,30). The Morgan fingerprint density at radius 3 is 2.38 bits per heavy atom. The van der Waals surface area contributed by atoms with Crippen LogP contribution in [0.15, 0.2) is 59.3 Å². The Labute approximate surface area is 217 Å². The number of nitrogens with zero attached hydrogens (tertiary/aromatic N) is 2. The van der Waals surface area contributed by atoms with Crippen LogP contribution in [0.1, 0.15) is 51.0 Å². The van der Waals surface area contributed by atoms with Crippen molar-refractivity contribution in [2.75, 3.05) is 32.2 Å². The first kappa shape index (κ1) is 28.0. The number of hydrogen-bond acceptors (Lipinski definition) is 8. The first-order chi connectivity index (χ1) is 17.9. The molecule has 1 aromatic heterocycles. The van der Waals surface area contributed by atoms with E-state index in [1.165, 1.54) is 38.6 Å². The van der Waals surface area contributed by atoms with Gasteiger partial charge in [0, 0.05) is 18.8 Å². The zero-order valence-corrected chi connectivity index (χ0v) is 22.0. The number of amides is 1. The maximum absolute atomic E-state index is 13.2. The Balaban J connectivity index is 1.65. The van der Waals surface area contributed by atoms with Crippen molar-refractivity contribution in [2.24, 2.45) is 0 Å². The summed E-state index contributed by atoms with van der Waals surface area (Å²) in [5.74, 6) is -0.417. The number of benzene rings is 1. The number of likely N-dealkylation sites (N-methyl/N-ethyl adjacent to an activating group) is 1. The van der Waals surface area contributed by atoms with Crippen LogP contribution in [0.25, 0.3) is 5.76 Å². The minimum Gasteiger partial charge on any atom is -0.487 e. The van der Waals surface area contributed by atoms with E-state index in [9.17, 15) is 18.0 Å². The molecule has 11 heteroatoms. The van der Waals surface area contributed by atoms with Crippen molar-refractivity contribution in [1.82, 2.24) is 9.29 Å². The van der Waals surface area contributed by atoms with Crippen molar-refractivity contribution in [1.29, 1.82) is 0 Å². The number of hydrogen-bond donors (Lipinski definition) is 1. The summed E-state index contributed by atoms with van der Waals surface area (Å²) in [4.78, 5) is 29.1. The molecular weight excluding hydrogens is 498 g/mol. The van der Waals surface area contributed by atoms with Crippen LogP contribution in [0.5, 0.6) is 0 Å². The third-order valence-corrected chi connectivity index (χ3v) is 7.50. The first-order valence-electron chi connectivity index (χ1n) is 12.3. The molecule has 1 aliphatic rings. The lowest BCUT2D eigenvalue weighted by atomic mass is 10.1. The maximum Gasteiger partial charge on any atom is 0.508 e. The van der Waals surface area contributed by atoms with E-state index in [2.05, 4.69) is 17.2 Å². The summed E-state index contributed by atoms with van der Waals surface area (Å²) in [6.07, 6.45) is 7.13. The van der Waals surface area contributed by atoms with E-state index in [0.717, 1.165) is 23.6 Å². The molecule has 37 heavy (non-hydrogen) atoms. The van der Waals surface area contributed by atoms with Gasteiger partial charge in [0.05, 0.1) is 11.5 Å². The molecule has 3 rings (SSSR count). The van der Waals surface area contributed by atoms with Gasteiger partial charge in [-0.25, -0.2) is 18.2 Å². The minimum absolute atomic E-state index is 0.00107. The Bertz CT molecular complexity index is 1200. The average Bonchev–Trinajstić information content (AvgIpc) is 2.89. The lowest BCUT2D eigenvalue weighted by molar-refractivity contribution is -0.113. The SMILES string of the molecule is CCCCCCCCOC(=O)OCCOC1=C(C(=O)Nc2ccccn2)N(C)S(=O)(=O)c2ccccc21. The molecule has 0 unspecified atom stereocenters. The van der Waals surface area contributed by atoms with E-state index in [1.54, 1.807) is 36.4 Å². The number of sulfonamides is 1. The molecule has 2 heterocycles. The summed E-state index contributed by atoms with van der Waals surface area (Å²) in [7, 11) is -2.72. The highest BCUT2D eigenvalue weighted by Gasteiger charge is 2.38.